The first-order chi connectivity index (χ1) is 17.4. The summed E-state index contributed by atoms with van der Waals surface area (Å²) < 4.78 is 7.30. The molecule has 0 aromatic carbocycles. The molecule has 1 fully saturated rings. The Morgan fingerprint density at radius 2 is 2.08 bits per heavy atom. The van der Waals surface area contributed by atoms with Gasteiger partial charge in [-0.05, 0) is 26.3 Å². The Morgan fingerprint density at radius 1 is 1.28 bits per heavy atom. The van der Waals surface area contributed by atoms with Gasteiger partial charge in [0, 0.05) is 71.4 Å². The molecule has 0 radical (unpaired) electrons. The number of hydrogen-bond acceptors (Lipinski definition) is 8. The van der Waals surface area contributed by atoms with Gasteiger partial charge in [0.25, 0.3) is 0 Å². The van der Waals surface area contributed by atoms with E-state index in [0.29, 0.717) is 19.2 Å². The Labute approximate surface area is 215 Å². The van der Waals surface area contributed by atoms with Crippen LogP contribution in [0.5, 0.6) is 0 Å². The summed E-state index contributed by atoms with van der Waals surface area (Å²) in [7, 11) is 5.61. The van der Waals surface area contributed by atoms with Gasteiger partial charge in [0.15, 0.2) is 5.82 Å². The van der Waals surface area contributed by atoms with Crippen LogP contribution in [0.3, 0.4) is 0 Å². The Morgan fingerprint density at radius 3 is 2.72 bits per heavy atom. The van der Waals surface area contributed by atoms with E-state index in [-0.39, 0.29) is 6.04 Å². The van der Waals surface area contributed by atoms with E-state index in [2.05, 4.69) is 52.7 Å². The number of aromatic nitrogens is 2. The number of hydrogen-bond donors (Lipinski definition) is 0. The first kappa shape index (κ1) is 27.5. The summed E-state index contributed by atoms with van der Waals surface area (Å²) in [5.74, 6) is 0.764. The van der Waals surface area contributed by atoms with Crippen LogP contribution in [0.2, 0.25) is 0 Å². The predicted molar refractivity (Wildman–Crippen MR) is 147 cm³/mol. The highest BCUT2D eigenvalue weighted by atomic mass is 16.5. The van der Waals surface area contributed by atoms with Crippen molar-refractivity contribution in [3.05, 3.63) is 47.2 Å². The van der Waals surface area contributed by atoms with Gasteiger partial charge in [-0.2, -0.15) is 0 Å². The number of allylic oxidation sites excluding steroid dienone is 3. The highest BCUT2D eigenvalue weighted by molar-refractivity contribution is 6.16. The quantitative estimate of drug-likeness (QED) is 0.347. The number of aliphatic imine (C=N–C) groups is 2. The van der Waals surface area contributed by atoms with Crippen molar-refractivity contribution in [2.45, 2.75) is 52.3 Å². The maximum Gasteiger partial charge on any atom is 0.175 e. The van der Waals surface area contributed by atoms with Crippen LogP contribution >= 0.6 is 0 Å². The highest BCUT2D eigenvalue weighted by Gasteiger charge is 2.32. The fourth-order valence-corrected chi connectivity index (χ4v) is 4.72. The second-order valence-corrected chi connectivity index (χ2v) is 9.51. The molecule has 196 valence electrons. The van der Waals surface area contributed by atoms with Gasteiger partial charge in [0.1, 0.15) is 6.29 Å². The van der Waals surface area contributed by atoms with Gasteiger partial charge in [-0.15, -0.1) is 0 Å². The van der Waals surface area contributed by atoms with E-state index in [1.807, 2.05) is 30.0 Å². The van der Waals surface area contributed by atoms with Crippen molar-refractivity contribution in [1.82, 2.24) is 19.5 Å². The Bertz CT molecular complexity index is 1030. The minimum absolute atomic E-state index is 0.277. The molecule has 2 atom stereocenters. The molecule has 0 spiro atoms. The van der Waals surface area contributed by atoms with Gasteiger partial charge >= 0.3 is 0 Å². The molecule has 1 saturated heterocycles. The van der Waals surface area contributed by atoms with Crippen molar-refractivity contribution in [3.8, 4) is 0 Å². The number of ether oxygens (including phenoxy) is 1. The number of piperazine rings is 1. The SMILES string of the molecule is CCCC1CN(C(C)/C(C)=C/C=C2\CN=CC=N2)CCN1/C(=C/C=O)c1nc(COC)cn1N(C)C. The molecule has 0 saturated carbocycles. The van der Waals surface area contributed by atoms with E-state index in [4.69, 9.17) is 9.72 Å². The van der Waals surface area contributed by atoms with E-state index in [1.54, 1.807) is 25.6 Å². The minimum atomic E-state index is 0.277. The molecule has 2 unspecified atom stereocenters. The monoisotopic (exact) mass is 495 g/mol. The van der Waals surface area contributed by atoms with Gasteiger partial charge in [-0.25, -0.2) is 9.66 Å². The van der Waals surface area contributed by atoms with E-state index < -0.39 is 0 Å². The molecule has 9 nitrogen and oxygen atoms in total. The first-order valence-corrected chi connectivity index (χ1v) is 12.7. The van der Waals surface area contributed by atoms with Crippen LogP contribution in [-0.4, -0.2) is 97.6 Å². The van der Waals surface area contributed by atoms with Gasteiger partial charge < -0.3 is 14.6 Å². The fraction of sp³-hybridized carbons (Fsp3) is 0.556. The van der Waals surface area contributed by atoms with Gasteiger partial charge in [-0.3, -0.25) is 19.7 Å². The van der Waals surface area contributed by atoms with Crippen LogP contribution in [0.15, 0.2) is 45.7 Å². The molecular weight excluding hydrogens is 454 g/mol. The summed E-state index contributed by atoms with van der Waals surface area (Å²) in [6.07, 6.45) is 14.3. The summed E-state index contributed by atoms with van der Waals surface area (Å²) >= 11 is 0. The molecular formula is C27H41N7O2. The van der Waals surface area contributed by atoms with Crippen LogP contribution < -0.4 is 5.01 Å². The average Bonchev–Trinajstić information content (AvgIpc) is 3.30. The molecule has 2 aliphatic heterocycles. The third-order valence-electron chi connectivity index (χ3n) is 6.77. The summed E-state index contributed by atoms with van der Waals surface area (Å²) in [6.45, 7) is 10.4. The van der Waals surface area contributed by atoms with Crippen LogP contribution in [-0.2, 0) is 16.1 Å². The fourth-order valence-electron chi connectivity index (χ4n) is 4.72. The zero-order valence-corrected chi connectivity index (χ0v) is 22.6. The van der Waals surface area contributed by atoms with E-state index >= 15 is 0 Å². The first-order valence-electron chi connectivity index (χ1n) is 12.7. The third kappa shape index (κ3) is 6.79. The van der Waals surface area contributed by atoms with Gasteiger partial charge in [0.05, 0.1) is 36.4 Å². The van der Waals surface area contributed by atoms with Crippen LogP contribution in [0.4, 0.5) is 0 Å². The topological polar surface area (TPSA) is 78.6 Å². The number of carbonyl (C=O) groups excluding carboxylic acids is 1. The molecule has 1 aromatic heterocycles. The lowest BCUT2D eigenvalue weighted by Crippen LogP contribution is -2.55. The second-order valence-electron chi connectivity index (χ2n) is 9.51. The number of nitrogens with zero attached hydrogens (tertiary/aromatic N) is 7. The van der Waals surface area contributed by atoms with Crippen LogP contribution in [0, 0.1) is 0 Å². The number of imidazole rings is 1. The van der Waals surface area contributed by atoms with Crippen molar-refractivity contribution >= 4 is 24.4 Å². The zero-order valence-electron chi connectivity index (χ0n) is 22.6. The summed E-state index contributed by atoms with van der Waals surface area (Å²) in [6, 6.07) is 0.578. The van der Waals surface area contributed by atoms with Crippen molar-refractivity contribution in [3.63, 3.8) is 0 Å². The number of carbonyl (C=O) groups is 1. The third-order valence-corrected chi connectivity index (χ3v) is 6.77. The zero-order chi connectivity index (χ0) is 26.1. The Balaban J connectivity index is 1.83. The number of methoxy groups -OCH3 is 1. The number of rotatable bonds is 11. The molecule has 2 aliphatic rings. The predicted octanol–water partition coefficient (Wildman–Crippen LogP) is 2.93. The highest BCUT2D eigenvalue weighted by Crippen LogP contribution is 2.28. The summed E-state index contributed by atoms with van der Waals surface area (Å²) in [4.78, 5) is 30.1. The lowest BCUT2D eigenvalue weighted by Gasteiger charge is -2.46. The molecule has 36 heavy (non-hydrogen) atoms. The summed E-state index contributed by atoms with van der Waals surface area (Å²) in [5.41, 5.74) is 3.97. The molecule has 0 N–H and O–H groups in total. The molecule has 3 heterocycles. The van der Waals surface area contributed by atoms with Crippen molar-refractivity contribution < 1.29 is 9.53 Å². The normalized spacial score (nSPS) is 21.3. The lowest BCUT2D eigenvalue weighted by molar-refractivity contribution is -0.104. The van der Waals surface area contributed by atoms with Gasteiger partial charge in [0.2, 0.25) is 0 Å². The summed E-state index contributed by atoms with van der Waals surface area (Å²) in [5, 5.41) is 1.97. The van der Waals surface area contributed by atoms with Gasteiger partial charge in [-0.1, -0.05) is 25.0 Å². The average molecular weight is 496 g/mol. The standard InChI is InChI=1S/C27H41N7O2/c1-7-8-25-19-32(22(3)21(2)9-10-23-17-28-12-13-29-23)14-15-33(25)26(11-16-35)27-30-24(20-36-6)18-34(27)31(4)5/h9-13,16,18,22,25H,7-8,14-15,17,19-20H2,1-6H3/b21-9+,23-10+,26-11+. The second kappa shape index (κ2) is 13.3. The molecule has 3 rings (SSSR count). The largest absolute Gasteiger partial charge is 0.378 e. The molecule has 9 heteroatoms. The van der Waals surface area contributed by atoms with Crippen LogP contribution in [0.25, 0.3) is 5.70 Å². The van der Waals surface area contributed by atoms with E-state index in [9.17, 15) is 4.79 Å². The molecule has 1 aromatic rings. The van der Waals surface area contributed by atoms with Crippen molar-refractivity contribution in [1.29, 1.82) is 0 Å². The lowest BCUT2D eigenvalue weighted by atomic mass is 10.0. The van der Waals surface area contributed by atoms with Crippen LogP contribution in [0.1, 0.15) is 45.1 Å². The maximum atomic E-state index is 11.8. The molecule has 0 amide bonds. The number of aldehydes is 1. The van der Waals surface area contributed by atoms with E-state index in [0.717, 1.165) is 61.7 Å². The van der Waals surface area contributed by atoms with Crippen molar-refractivity contribution in [2.75, 3.05) is 52.4 Å². The van der Waals surface area contributed by atoms with Crippen molar-refractivity contribution in [2.24, 2.45) is 9.98 Å². The molecule has 0 bridgehead atoms. The maximum absolute atomic E-state index is 11.8. The smallest absolute Gasteiger partial charge is 0.175 e. The molecule has 0 aliphatic carbocycles. The Kier molecular flexibility index (Phi) is 10.2. The minimum Gasteiger partial charge on any atom is -0.378 e. The Hall–Kier alpha value is -3.04. The van der Waals surface area contributed by atoms with E-state index in [1.165, 1.54) is 5.57 Å².